The predicted molar refractivity (Wildman–Crippen MR) is 30.9 cm³/mol. The van der Waals surface area contributed by atoms with Gasteiger partial charge in [-0.3, -0.25) is 0 Å². The van der Waals surface area contributed by atoms with Crippen LogP contribution in [0.3, 0.4) is 0 Å². The van der Waals surface area contributed by atoms with Gasteiger partial charge in [-0.05, 0) is 6.92 Å². The van der Waals surface area contributed by atoms with Crippen LogP contribution < -0.4 is 0 Å². The lowest BCUT2D eigenvalue weighted by Gasteiger charge is -2.04. The molecule has 4 heteroatoms. The maximum atomic E-state index is 9.81. The minimum atomic E-state index is -1.42. The molecule has 2 nitrogen and oxygen atoms in total. The number of alkyl halides is 1. The average Bonchev–Trinajstić information content (AvgIpc) is 1.31. The highest BCUT2D eigenvalue weighted by Gasteiger charge is 2.23. The molecule has 0 radical (unpaired) electrons. The molecule has 42 valence electrons. The van der Waals surface area contributed by atoms with Gasteiger partial charge in [-0.25, -0.2) is 4.79 Å². The van der Waals surface area contributed by atoms with Gasteiger partial charge in [-0.2, -0.15) is 0 Å². The Bertz CT molecular complexity index is 85.4. The molecule has 0 aromatic carbocycles. The molecule has 1 atom stereocenters. The van der Waals surface area contributed by atoms with Crippen molar-refractivity contribution in [1.29, 1.82) is 0 Å². The smallest absolute Gasteiger partial charge is 0.334 e. The fraction of sp³-hybridized carbons (Fsp3) is 0.667. The molecule has 0 heterocycles. The molecule has 0 spiro atoms. The second-order valence-electron chi connectivity index (χ2n) is 1.26. The number of carbonyl (C=O) groups is 1. The third-order valence-corrected chi connectivity index (χ3v) is 0.743. The normalized spacial score (nSPS) is 18.1. The van der Waals surface area contributed by atoms with Crippen molar-refractivity contribution in [1.82, 2.24) is 0 Å². The molecule has 0 fully saturated rings. The second-order valence-corrected chi connectivity index (χ2v) is 3.17. The van der Waals surface area contributed by atoms with Crippen LogP contribution in [0.25, 0.3) is 0 Å². The van der Waals surface area contributed by atoms with Gasteiger partial charge in [0.15, 0.2) is 4.21 Å². The summed E-state index contributed by atoms with van der Waals surface area (Å²) in [4.78, 5) is 9.81. The molecule has 0 saturated heterocycles. The van der Waals surface area contributed by atoms with Gasteiger partial charge in [-0.15, -0.1) is 12.6 Å². The Morgan fingerprint density at radius 2 is 2.14 bits per heavy atom. The van der Waals surface area contributed by atoms with Crippen molar-refractivity contribution in [2.75, 3.05) is 0 Å². The van der Waals surface area contributed by atoms with E-state index in [0.717, 1.165) is 0 Å². The Labute approximate surface area is 51.9 Å². The third-order valence-electron chi connectivity index (χ3n) is 0.390. The standard InChI is InChI=1S/C3H5ClO2S/c1-3(4,7)2(5)6/h7H,1H3,(H,5,6). The van der Waals surface area contributed by atoms with Crippen LogP contribution in [0.1, 0.15) is 6.92 Å². The highest BCUT2D eigenvalue weighted by atomic mass is 35.5. The second kappa shape index (κ2) is 1.92. The van der Waals surface area contributed by atoms with Gasteiger partial charge in [0.25, 0.3) is 0 Å². The predicted octanol–water partition coefficient (Wildman–Crippen LogP) is 0.956. The van der Waals surface area contributed by atoms with Crippen LogP contribution in [0, 0.1) is 0 Å². The summed E-state index contributed by atoms with van der Waals surface area (Å²) in [6, 6.07) is 0. The third kappa shape index (κ3) is 2.76. The zero-order valence-electron chi connectivity index (χ0n) is 3.68. The Morgan fingerprint density at radius 3 is 2.14 bits per heavy atom. The van der Waals surface area contributed by atoms with E-state index in [1.807, 2.05) is 0 Å². The zero-order chi connectivity index (χ0) is 6.08. The number of hydrogen-bond acceptors (Lipinski definition) is 2. The number of rotatable bonds is 1. The molecule has 0 rings (SSSR count). The van der Waals surface area contributed by atoms with Crippen molar-refractivity contribution >= 4 is 30.2 Å². The quantitative estimate of drug-likeness (QED) is 0.421. The van der Waals surface area contributed by atoms with Gasteiger partial charge in [-0.1, -0.05) is 11.6 Å². The molecule has 0 aliphatic heterocycles. The monoisotopic (exact) mass is 140 g/mol. The number of aliphatic carboxylic acids is 1. The van der Waals surface area contributed by atoms with E-state index in [4.69, 9.17) is 16.7 Å². The Hall–Kier alpha value is 0.110. The number of halogens is 1. The summed E-state index contributed by atoms with van der Waals surface area (Å²) in [7, 11) is 0. The van der Waals surface area contributed by atoms with E-state index in [0.29, 0.717) is 0 Å². The topological polar surface area (TPSA) is 37.3 Å². The van der Waals surface area contributed by atoms with E-state index in [1.54, 1.807) is 0 Å². The molecular weight excluding hydrogens is 136 g/mol. The molecule has 0 aromatic heterocycles. The van der Waals surface area contributed by atoms with Gasteiger partial charge in [0.05, 0.1) is 0 Å². The lowest BCUT2D eigenvalue weighted by atomic mass is 10.5. The van der Waals surface area contributed by atoms with Crippen molar-refractivity contribution in [3.63, 3.8) is 0 Å². The molecule has 7 heavy (non-hydrogen) atoms. The Balaban J connectivity index is 3.79. The first-order valence-electron chi connectivity index (χ1n) is 1.59. The molecule has 1 N–H and O–H groups in total. The molecule has 0 saturated carbocycles. The summed E-state index contributed by atoms with van der Waals surface area (Å²) in [5.41, 5.74) is 0. The fourth-order valence-corrected chi connectivity index (χ4v) is 0. The first-order chi connectivity index (χ1) is 2.94. The van der Waals surface area contributed by atoms with Crippen LogP contribution in [0.2, 0.25) is 0 Å². The summed E-state index contributed by atoms with van der Waals surface area (Å²) < 4.78 is -1.42. The minimum absolute atomic E-state index is 1.13. The Morgan fingerprint density at radius 1 is 2.00 bits per heavy atom. The zero-order valence-corrected chi connectivity index (χ0v) is 5.33. The molecule has 0 bridgehead atoms. The highest BCUT2D eigenvalue weighted by molar-refractivity contribution is 7.84. The average molecular weight is 141 g/mol. The summed E-state index contributed by atoms with van der Waals surface area (Å²) in [5, 5.41) is 8.04. The molecule has 0 amide bonds. The van der Waals surface area contributed by atoms with E-state index in [9.17, 15) is 4.79 Å². The van der Waals surface area contributed by atoms with Crippen LogP contribution in [0.5, 0.6) is 0 Å². The fourth-order valence-electron chi connectivity index (χ4n) is 0. The summed E-state index contributed by atoms with van der Waals surface area (Å²) in [6.07, 6.45) is 0. The minimum Gasteiger partial charge on any atom is -0.479 e. The van der Waals surface area contributed by atoms with Crippen LogP contribution in [-0.2, 0) is 4.79 Å². The summed E-state index contributed by atoms with van der Waals surface area (Å²) >= 11 is 8.65. The van der Waals surface area contributed by atoms with Crippen LogP contribution >= 0.6 is 24.2 Å². The van der Waals surface area contributed by atoms with E-state index in [2.05, 4.69) is 12.6 Å². The van der Waals surface area contributed by atoms with Crippen molar-refractivity contribution in [2.24, 2.45) is 0 Å². The number of thiol groups is 1. The number of hydrogen-bond donors (Lipinski definition) is 2. The highest BCUT2D eigenvalue weighted by Crippen LogP contribution is 2.17. The van der Waals surface area contributed by atoms with Crippen LogP contribution in [0.4, 0.5) is 0 Å². The lowest BCUT2D eigenvalue weighted by molar-refractivity contribution is -0.137. The lowest BCUT2D eigenvalue weighted by Crippen LogP contribution is -2.20. The SMILES string of the molecule is CC(S)(Cl)C(=O)O. The summed E-state index contributed by atoms with van der Waals surface area (Å²) in [5.74, 6) is -1.13. The van der Waals surface area contributed by atoms with E-state index < -0.39 is 10.2 Å². The van der Waals surface area contributed by atoms with Gasteiger partial charge >= 0.3 is 5.97 Å². The molecule has 0 aromatic rings. The van der Waals surface area contributed by atoms with Crippen molar-refractivity contribution in [2.45, 2.75) is 11.1 Å². The van der Waals surface area contributed by atoms with Crippen molar-refractivity contribution in [3.05, 3.63) is 0 Å². The summed E-state index contributed by atoms with van der Waals surface area (Å²) in [6.45, 7) is 1.29. The van der Waals surface area contributed by atoms with Gasteiger partial charge in [0.1, 0.15) is 0 Å². The van der Waals surface area contributed by atoms with Crippen LogP contribution in [0.15, 0.2) is 0 Å². The largest absolute Gasteiger partial charge is 0.479 e. The van der Waals surface area contributed by atoms with Gasteiger partial charge < -0.3 is 5.11 Å². The van der Waals surface area contributed by atoms with Gasteiger partial charge in [0.2, 0.25) is 0 Å². The first-order valence-corrected chi connectivity index (χ1v) is 2.42. The molecule has 1 unspecified atom stereocenters. The number of carboxylic acids is 1. The maximum Gasteiger partial charge on any atom is 0.334 e. The van der Waals surface area contributed by atoms with Crippen molar-refractivity contribution < 1.29 is 9.90 Å². The van der Waals surface area contributed by atoms with Gasteiger partial charge in [0, 0.05) is 0 Å². The number of carboxylic acid groups (broad SMARTS) is 1. The maximum absolute atomic E-state index is 9.81. The van der Waals surface area contributed by atoms with E-state index in [-0.39, 0.29) is 0 Å². The first kappa shape index (κ1) is 7.11. The molecular formula is C3H5ClO2S. The van der Waals surface area contributed by atoms with E-state index >= 15 is 0 Å². The van der Waals surface area contributed by atoms with Crippen LogP contribution in [-0.4, -0.2) is 15.3 Å². The van der Waals surface area contributed by atoms with Crippen molar-refractivity contribution in [3.8, 4) is 0 Å². The molecule has 0 aliphatic carbocycles. The van der Waals surface area contributed by atoms with E-state index in [1.165, 1.54) is 6.92 Å². The molecule has 0 aliphatic rings. The Kier molecular flexibility index (Phi) is 1.95.